The van der Waals surface area contributed by atoms with Gasteiger partial charge in [-0.3, -0.25) is 4.79 Å². The summed E-state index contributed by atoms with van der Waals surface area (Å²) in [5, 5.41) is 3.10. The first-order valence-corrected chi connectivity index (χ1v) is 6.01. The number of rotatable bonds is 3. The minimum atomic E-state index is 0.242. The van der Waals surface area contributed by atoms with Gasteiger partial charge >= 0.3 is 0 Å². The Balaban J connectivity index is 1.81. The molecule has 3 N–H and O–H groups in total. The van der Waals surface area contributed by atoms with Gasteiger partial charge in [-0.1, -0.05) is 0 Å². The number of nitrogens with zero attached hydrogens (tertiary/aromatic N) is 1. The van der Waals surface area contributed by atoms with Crippen molar-refractivity contribution in [2.75, 3.05) is 26.2 Å². The fourth-order valence-corrected chi connectivity index (χ4v) is 2.70. The first-order chi connectivity index (χ1) is 7.29. The minimum absolute atomic E-state index is 0.242. The summed E-state index contributed by atoms with van der Waals surface area (Å²) in [5.41, 5.74) is 5.51. The van der Waals surface area contributed by atoms with E-state index in [9.17, 15) is 4.79 Å². The summed E-state index contributed by atoms with van der Waals surface area (Å²) in [6, 6.07) is 0.445. The quantitative estimate of drug-likeness (QED) is 0.687. The Labute approximate surface area is 91.2 Å². The first kappa shape index (κ1) is 10.9. The van der Waals surface area contributed by atoms with E-state index in [1.165, 1.54) is 0 Å². The van der Waals surface area contributed by atoms with Crippen molar-refractivity contribution in [3.8, 4) is 0 Å². The molecule has 4 nitrogen and oxygen atoms in total. The molecule has 86 valence electrons. The van der Waals surface area contributed by atoms with E-state index < -0.39 is 0 Å². The van der Waals surface area contributed by atoms with Gasteiger partial charge in [-0.25, -0.2) is 0 Å². The summed E-state index contributed by atoms with van der Waals surface area (Å²) < 4.78 is 0. The standard InChI is InChI=1S/C11H21N3O/c12-5-1-6-14-7-4-10-9(8-14)2-3-11(15)13-10/h9-10H,1-8,12H2,(H,13,15). The molecule has 2 aliphatic rings. The second kappa shape index (κ2) is 4.94. The summed E-state index contributed by atoms with van der Waals surface area (Å²) in [5.74, 6) is 0.917. The molecule has 0 aromatic rings. The van der Waals surface area contributed by atoms with Gasteiger partial charge in [0.1, 0.15) is 0 Å². The van der Waals surface area contributed by atoms with Crippen LogP contribution < -0.4 is 11.1 Å². The molecule has 2 heterocycles. The van der Waals surface area contributed by atoms with Gasteiger partial charge in [0.25, 0.3) is 0 Å². The average molecular weight is 211 g/mol. The number of likely N-dealkylation sites (tertiary alicyclic amines) is 1. The molecule has 15 heavy (non-hydrogen) atoms. The fourth-order valence-electron chi connectivity index (χ4n) is 2.70. The van der Waals surface area contributed by atoms with Crippen molar-refractivity contribution in [3.05, 3.63) is 0 Å². The van der Waals surface area contributed by atoms with Gasteiger partial charge in [0, 0.05) is 25.6 Å². The predicted molar refractivity (Wildman–Crippen MR) is 59.4 cm³/mol. The highest BCUT2D eigenvalue weighted by molar-refractivity contribution is 5.77. The van der Waals surface area contributed by atoms with Crippen LogP contribution in [0.25, 0.3) is 0 Å². The van der Waals surface area contributed by atoms with Crippen LogP contribution in [0.3, 0.4) is 0 Å². The van der Waals surface area contributed by atoms with Crippen LogP contribution in [-0.2, 0) is 4.79 Å². The molecule has 0 aliphatic carbocycles. The van der Waals surface area contributed by atoms with E-state index in [-0.39, 0.29) is 5.91 Å². The Kier molecular flexibility index (Phi) is 3.59. The highest BCUT2D eigenvalue weighted by atomic mass is 16.1. The number of carbonyl (C=O) groups is 1. The molecular weight excluding hydrogens is 190 g/mol. The largest absolute Gasteiger partial charge is 0.353 e. The molecule has 0 saturated carbocycles. The summed E-state index contributed by atoms with van der Waals surface area (Å²) in [4.78, 5) is 13.7. The minimum Gasteiger partial charge on any atom is -0.353 e. The van der Waals surface area contributed by atoms with Crippen LogP contribution in [0.15, 0.2) is 0 Å². The van der Waals surface area contributed by atoms with Crippen molar-refractivity contribution in [1.29, 1.82) is 0 Å². The molecule has 2 saturated heterocycles. The van der Waals surface area contributed by atoms with Gasteiger partial charge in [-0.05, 0) is 38.3 Å². The van der Waals surface area contributed by atoms with E-state index in [2.05, 4.69) is 10.2 Å². The molecule has 2 rings (SSSR count). The smallest absolute Gasteiger partial charge is 0.220 e. The Hall–Kier alpha value is -0.610. The van der Waals surface area contributed by atoms with E-state index in [4.69, 9.17) is 5.73 Å². The van der Waals surface area contributed by atoms with E-state index in [1.807, 2.05) is 0 Å². The van der Waals surface area contributed by atoms with Crippen molar-refractivity contribution in [3.63, 3.8) is 0 Å². The summed E-state index contributed by atoms with van der Waals surface area (Å²) in [6.07, 6.45) is 3.98. The predicted octanol–water partition coefficient (Wildman–Crippen LogP) is -0.0643. The van der Waals surface area contributed by atoms with Crippen LogP contribution in [0.1, 0.15) is 25.7 Å². The molecular formula is C11H21N3O. The van der Waals surface area contributed by atoms with Gasteiger partial charge in [0.2, 0.25) is 5.91 Å². The van der Waals surface area contributed by atoms with Crippen LogP contribution in [-0.4, -0.2) is 43.0 Å². The number of amides is 1. The lowest BCUT2D eigenvalue weighted by Crippen LogP contribution is -2.54. The lowest BCUT2D eigenvalue weighted by molar-refractivity contribution is -0.125. The molecule has 0 bridgehead atoms. The van der Waals surface area contributed by atoms with Crippen LogP contribution in [0.4, 0.5) is 0 Å². The van der Waals surface area contributed by atoms with Gasteiger partial charge in [-0.15, -0.1) is 0 Å². The third-order valence-electron chi connectivity index (χ3n) is 3.59. The molecule has 0 spiro atoms. The monoisotopic (exact) mass is 211 g/mol. The topological polar surface area (TPSA) is 58.4 Å². The lowest BCUT2D eigenvalue weighted by atomic mass is 9.85. The summed E-state index contributed by atoms with van der Waals surface area (Å²) in [7, 11) is 0. The Morgan fingerprint density at radius 3 is 3.13 bits per heavy atom. The highest BCUT2D eigenvalue weighted by Crippen LogP contribution is 2.25. The van der Waals surface area contributed by atoms with Gasteiger partial charge in [-0.2, -0.15) is 0 Å². The average Bonchev–Trinajstić information content (AvgIpc) is 2.26. The van der Waals surface area contributed by atoms with Crippen LogP contribution in [0, 0.1) is 5.92 Å². The maximum Gasteiger partial charge on any atom is 0.220 e. The molecule has 2 atom stereocenters. The fraction of sp³-hybridized carbons (Fsp3) is 0.909. The maximum absolute atomic E-state index is 11.2. The lowest BCUT2D eigenvalue weighted by Gasteiger charge is -2.41. The normalized spacial score (nSPS) is 32.2. The number of fused-ring (bicyclic) bond motifs is 1. The zero-order chi connectivity index (χ0) is 10.7. The van der Waals surface area contributed by atoms with Crippen LogP contribution in [0.2, 0.25) is 0 Å². The second-order valence-corrected chi connectivity index (χ2v) is 4.70. The van der Waals surface area contributed by atoms with Crippen molar-refractivity contribution in [2.24, 2.45) is 11.7 Å². The van der Waals surface area contributed by atoms with E-state index >= 15 is 0 Å². The first-order valence-electron chi connectivity index (χ1n) is 6.01. The van der Waals surface area contributed by atoms with Crippen LogP contribution in [0.5, 0.6) is 0 Å². The molecule has 4 heteroatoms. The number of hydrogen-bond donors (Lipinski definition) is 2. The molecule has 0 radical (unpaired) electrons. The summed E-state index contributed by atoms with van der Waals surface area (Å²) >= 11 is 0. The van der Waals surface area contributed by atoms with Gasteiger partial charge in [0.15, 0.2) is 0 Å². The third-order valence-corrected chi connectivity index (χ3v) is 3.59. The maximum atomic E-state index is 11.2. The highest BCUT2D eigenvalue weighted by Gasteiger charge is 2.33. The third kappa shape index (κ3) is 2.69. The molecule has 2 aliphatic heterocycles. The van der Waals surface area contributed by atoms with Crippen molar-refractivity contribution in [2.45, 2.75) is 31.7 Å². The summed E-state index contributed by atoms with van der Waals surface area (Å²) in [6.45, 7) is 4.15. The van der Waals surface area contributed by atoms with E-state index in [0.29, 0.717) is 18.4 Å². The van der Waals surface area contributed by atoms with Gasteiger partial charge in [0.05, 0.1) is 0 Å². The number of nitrogens with one attached hydrogen (secondary N) is 1. The molecule has 2 fully saturated rings. The van der Waals surface area contributed by atoms with Crippen molar-refractivity contribution >= 4 is 5.91 Å². The zero-order valence-corrected chi connectivity index (χ0v) is 9.24. The Bertz CT molecular complexity index is 232. The second-order valence-electron chi connectivity index (χ2n) is 4.70. The number of hydrogen-bond acceptors (Lipinski definition) is 3. The number of piperidine rings is 2. The number of carbonyl (C=O) groups excluding carboxylic acids is 1. The molecule has 0 aromatic carbocycles. The van der Waals surface area contributed by atoms with Crippen LogP contribution >= 0.6 is 0 Å². The van der Waals surface area contributed by atoms with Crippen molar-refractivity contribution < 1.29 is 4.79 Å². The number of nitrogens with two attached hydrogens (primary N) is 1. The molecule has 2 unspecified atom stereocenters. The van der Waals surface area contributed by atoms with Crippen molar-refractivity contribution in [1.82, 2.24) is 10.2 Å². The Morgan fingerprint density at radius 2 is 2.33 bits per heavy atom. The van der Waals surface area contributed by atoms with E-state index in [1.54, 1.807) is 0 Å². The van der Waals surface area contributed by atoms with Gasteiger partial charge < -0.3 is 16.0 Å². The van der Waals surface area contributed by atoms with E-state index in [0.717, 1.165) is 45.4 Å². The SMILES string of the molecule is NCCCN1CCC2NC(=O)CCC2C1. The molecule has 1 amide bonds. The Morgan fingerprint density at radius 1 is 1.47 bits per heavy atom. The molecule has 0 aromatic heterocycles. The zero-order valence-electron chi connectivity index (χ0n) is 9.24.